The van der Waals surface area contributed by atoms with Gasteiger partial charge in [0, 0.05) is 0 Å². The third kappa shape index (κ3) is 4.26. The number of rotatable bonds is 6. The van der Waals surface area contributed by atoms with Crippen molar-refractivity contribution in [2.45, 2.75) is 51.6 Å². The summed E-state index contributed by atoms with van der Waals surface area (Å²) in [6.45, 7) is 7.03. The molecule has 0 aromatic carbocycles. The predicted octanol–water partition coefficient (Wildman–Crippen LogP) is 2.87. The molecule has 0 spiro atoms. The molecule has 0 heterocycles. The molecule has 0 amide bonds. The van der Waals surface area contributed by atoms with Gasteiger partial charge in [0.15, 0.2) is 0 Å². The van der Waals surface area contributed by atoms with Crippen LogP contribution in [0.5, 0.6) is 0 Å². The maximum Gasteiger partial charge on any atom is 0.114 e. The van der Waals surface area contributed by atoms with Crippen LogP contribution in [0.4, 0.5) is 0 Å². The van der Waals surface area contributed by atoms with E-state index in [0.29, 0.717) is 0 Å². The number of nitrogens with zero attached hydrogens (tertiary/aromatic N) is 1. The molecule has 74 valence electrons. The summed E-state index contributed by atoms with van der Waals surface area (Å²) < 4.78 is 2.52. The predicted molar refractivity (Wildman–Crippen MR) is 60.3 cm³/mol. The standard InChI is InChI=1S/C10H25NSi/c1-6-8-9-12(11(4)5)10(3)7-2/h10,12H,6-9H2,1-5H3. The van der Waals surface area contributed by atoms with E-state index in [-0.39, 0.29) is 0 Å². The normalized spacial score (nSPS) is 16.5. The smallest absolute Gasteiger partial charge is 0.114 e. The second-order valence-corrected chi connectivity index (χ2v) is 7.94. The fourth-order valence-electron chi connectivity index (χ4n) is 1.74. The maximum absolute atomic E-state index is 2.52. The van der Waals surface area contributed by atoms with Gasteiger partial charge < -0.3 is 4.57 Å². The van der Waals surface area contributed by atoms with Crippen molar-refractivity contribution in [2.75, 3.05) is 14.1 Å². The molecular weight excluding hydrogens is 162 g/mol. The van der Waals surface area contributed by atoms with E-state index in [1.54, 1.807) is 0 Å². The highest BCUT2D eigenvalue weighted by Crippen LogP contribution is 2.20. The minimum absolute atomic E-state index is 0.586. The first kappa shape index (κ1) is 12.2. The third-order valence-electron chi connectivity index (χ3n) is 2.82. The van der Waals surface area contributed by atoms with Gasteiger partial charge in [-0.2, -0.15) is 0 Å². The highest BCUT2D eigenvalue weighted by molar-refractivity contribution is 6.57. The topological polar surface area (TPSA) is 3.24 Å². The molecule has 0 radical (unpaired) electrons. The minimum atomic E-state index is -0.586. The zero-order valence-electron chi connectivity index (χ0n) is 9.43. The van der Waals surface area contributed by atoms with E-state index in [4.69, 9.17) is 0 Å². The van der Waals surface area contributed by atoms with Gasteiger partial charge in [-0.3, -0.25) is 0 Å². The molecule has 0 bridgehead atoms. The second-order valence-electron chi connectivity index (χ2n) is 4.06. The Morgan fingerprint density at radius 1 is 1.25 bits per heavy atom. The molecule has 0 aromatic heterocycles. The molecule has 0 saturated heterocycles. The lowest BCUT2D eigenvalue weighted by Crippen LogP contribution is -2.35. The first-order valence-corrected chi connectivity index (χ1v) is 7.29. The summed E-state index contributed by atoms with van der Waals surface area (Å²) in [6.07, 6.45) is 4.14. The summed E-state index contributed by atoms with van der Waals surface area (Å²) in [4.78, 5) is 0. The maximum atomic E-state index is 2.52. The summed E-state index contributed by atoms with van der Waals surface area (Å²) >= 11 is 0. The van der Waals surface area contributed by atoms with Crippen molar-refractivity contribution in [2.24, 2.45) is 0 Å². The van der Waals surface area contributed by atoms with Crippen molar-refractivity contribution in [3.05, 3.63) is 0 Å². The van der Waals surface area contributed by atoms with Crippen LogP contribution < -0.4 is 0 Å². The zero-order valence-corrected chi connectivity index (χ0v) is 10.6. The fourth-order valence-corrected chi connectivity index (χ4v) is 5.21. The Balaban J connectivity index is 3.85. The van der Waals surface area contributed by atoms with Gasteiger partial charge in [-0.05, 0) is 25.7 Å². The SMILES string of the molecule is CCCC[SiH](C(C)CC)N(C)C. The summed E-state index contributed by atoms with van der Waals surface area (Å²) in [7, 11) is 3.94. The molecule has 0 N–H and O–H groups in total. The monoisotopic (exact) mass is 187 g/mol. The van der Waals surface area contributed by atoms with E-state index in [1.165, 1.54) is 25.3 Å². The van der Waals surface area contributed by atoms with E-state index in [0.717, 1.165) is 5.54 Å². The van der Waals surface area contributed by atoms with Crippen LogP contribution in [0.3, 0.4) is 0 Å². The van der Waals surface area contributed by atoms with Gasteiger partial charge in [0.05, 0.1) is 0 Å². The average Bonchev–Trinajstić information content (AvgIpc) is 2.04. The molecule has 0 saturated carbocycles. The molecule has 12 heavy (non-hydrogen) atoms. The van der Waals surface area contributed by atoms with Crippen molar-refractivity contribution in [1.29, 1.82) is 0 Å². The highest BCUT2D eigenvalue weighted by atomic mass is 28.3. The van der Waals surface area contributed by atoms with E-state index in [9.17, 15) is 0 Å². The van der Waals surface area contributed by atoms with Gasteiger partial charge >= 0.3 is 0 Å². The van der Waals surface area contributed by atoms with E-state index in [1.807, 2.05) is 0 Å². The molecule has 2 heteroatoms. The van der Waals surface area contributed by atoms with Crippen molar-refractivity contribution in [1.82, 2.24) is 4.57 Å². The van der Waals surface area contributed by atoms with Crippen molar-refractivity contribution in [3.8, 4) is 0 Å². The summed E-state index contributed by atoms with van der Waals surface area (Å²) in [5.74, 6) is 0. The van der Waals surface area contributed by atoms with Gasteiger partial charge in [-0.15, -0.1) is 0 Å². The third-order valence-corrected chi connectivity index (χ3v) is 6.93. The Kier molecular flexibility index (Phi) is 6.77. The Morgan fingerprint density at radius 3 is 2.17 bits per heavy atom. The first-order chi connectivity index (χ1) is 5.63. The van der Waals surface area contributed by atoms with Crippen molar-refractivity contribution in [3.63, 3.8) is 0 Å². The van der Waals surface area contributed by atoms with Gasteiger partial charge in [-0.25, -0.2) is 0 Å². The van der Waals surface area contributed by atoms with Crippen LogP contribution in [0, 0.1) is 0 Å². The van der Waals surface area contributed by atoms with Crippen LogP contribution in [-0.2, 0) is 0 Å². The number of hydrogen-bond donors (Lipinski definition) is 0. The fraction of sp³-hybridized carbons (Fsp3) is 1.00. The van der Waals surface area contributed by atoms with E-state index in [2.05, 4.69) is 39.4 Å². The van der Waals surface area contributed by atoms with Crippen LogP contribution in [-0.4, -0.2) is 27.6 Å². The first-order valence-electron chi connectivity index (χ1n) is 5.29. The molecule has 0 aliphatic rings. The Morgan fingerprint density at radius 2 is 1.83 bits per heavy atom. The zero-order chi connectivity index (χ0) is 9.56. The number of unbranched alkanes of at least 4 members (excludes halogenated alkanes) is 1. The summed E-state index contributed by atoms with van der Waals surface area (Å²) in [5.41, 5.74) is 0.978. The van der Waals surface area contributed by atoms with Crippen LogP contribution in [0.15, 0.2) is 0 Å². The molecule has 1 nitrogen and oxygen atoms in total. The highest BCUT2D eigenvalue weighted by Gasteiger charge is 2.18. The molecule has 2 atom stereocenters. The summed E-state index contributed by atoms with van der Waals surface area (Å²) in [5, 5.41) is 0. The molecular formula is C10H25NSi. The molecule has 2 unspecified atom stereocenters. The van der Waals surface area contributed by atoms with E-state index >= 15 is 0 Å². The Labute approximate surface area is 79.8 Å². The molecule has 0 aliphatic carbocycles. The van der Waals surface area contributed by atoms with Crippen LogP contribution in [0.2, 0.25) is 11.6 Å². The molecule has 0 aliphatic heterocycles. The lowest BCUT2D eigenvalue weighted by Gasteiger charge is -2.27. The van der Waals surface area contributed by atoms with Gasteiger partial charge in [-0.1, -0.05) is 40.0 Å². The average molecular weight is 187 g/mol. The lowest BCUT2D eigenvalue weighted by atomic mass is 10.4. The van der Waals surface area contributed by atoms with Crippen LogP contribution in [0.25, 0.3) is 0 Å². The largest absolute Gasteiger partial charge is 0.331 e. The van der Waals surface area contributed by atoms with E-state index < -0.39 is 8.96 Å². The van der Waals surface area contributed by atoms with Gasteiger partial charge in [0.2, 0.25) is 0 Å². The van der Waals surface area contributed by atoms with Crippen LogP contribution in [0.1, 0.15) is 40.0 Å². The number of hydrogen-bond acceptors (Lipinski definition) is 1. The van der Waals surface area contributed by atoms with Crippen molar-refractivity contribution >= 4 is 8.96 Å². The summed E-state index contributed by atoms with van der Waals surface area (Å²) in [6, 6.07) is 1.50. The quantitative estimate of drug-likeness (QED) is 0.578. The Bertz CT molecular complexity index is 104. The van der Waals surface area contributed by atoms with Gasteiger partial charge in [0.25, 0.3) is 0 Å². The van der Waals surface area contributed by atoms with Crippen LogP contribution >= 0.6 is 0 Å². The second kappa shape index (κ2) is 6.67. The van der Waals surface area contributed by atoms with Crippen molar-refractivity contribution < 1.29 is 0 Å². The molecule has 0 rings (SSSR count). The molecule has 0 aromatic rings. The molecule has 0 fully saturated rings. The Hall–Kier alpha value is 0.177. The van der Waals surface area contributed by atoms with Gasteiger partial charge in [0.1, 0.15) is 8.96 Å². The lowest BCUT2D eigenvalue weighted by molar-refractivity contribution is 0.598. The minimum Gasteiger partial charge on any atom is -0.331 e.